The molecule has 1 aliphatic heterocycles. The van der Waals surface area contributed by atoms with Crippen LogP contribution in [0.5, 0.6) is 0 Å². The van der Waals surface area contributed by atoms with Gasteiger partial charge in [0.1, 0.15) is 0 Å². The number of hydrogen-bond acceptors (Lipinski definition) is 2. The molecule has 0 aromatic rings. The summed E-state index contributed by atoms with van der Waals surface area (Å²) in [6.45, 7) is 7.53. The normalized spacial score (nSPS) is 18.7. The third-order valence-electron chi connectivity index (χ3n) is 3.15. The van der Waals surface area contributed by atoms with E-state index in [9.17, 15) is 9.59 Å². The first kappa shape index (κ1) is 14.5. The summed E-state index contributed by atoms with van der Waals surface area (Å²) in [4.78, 5) is 26.5. The first-order valence-electron chi connectivity index (χ1n) is 6.48. The molecule has 0 aromatic carbocycles. The standard InChI is InChI=1S/C13H22N2O3/c1-3-7-14(8-4-2)13(18)15-9-5-6-11(15)10-12(16)17/h3,11H,1,4-10H2,2H3,(H,16,17). The molecule has 1 aliphatic rings. The molecule has 0 aliphatic carbocycles. The van der Waals surface area contributed by atoms with E-state index in [4.69, 9.17) is 5.11 Å². The molecule has 102 valence electrons. The Hall–Kier alpha value is -1.52. The highest BCUT2D eigenvalue weighted by Gasteiger charge is 2.32. The zero-order chi connectivity index (χ0) is 13.5. The minimum absolute atomic E-state index is 0.0415. The van der Waals surface area contributed by atoms with Crippen molar-refractivity contribution in [2.45, 2.75) is 38.6 Å². The van der Waals surface area contributed by atoms with Gasteiger partial charge in [-0.25, -0.2) is 4.79 Å². The van der Waals surface area contributed by atoms with Crippen LogP contribution >= 0.6 is 0 Å². The number of likely N-dealkylation sites (tertiary alicyclic amines) is 1. The predicted molar refractivity (Wildman–Crippen MR) is 69.4 cm³/mol. The Morgan fingerprint density at radius 3 is 2.83 bits per heavy atom. The van der Waals surface area contributed by atoms with Crippen LogP contribution in [0.1, 0.15) is 32.6 Å². The third kappa shape index (κ3) is 3.75. The minimum atomic E-state index is -0.842. The van der Waals surface area contributed by atoms with E-state index in [1.54, 1.807) is 15.9 Å². The molecule has 0 aromatic heterocycles. The smallest absolute Gasteiger partial charge is 0.320 e. The van der Waals surface area contributed by atoms with Gasteiger partial charge < -0.3 is 14.9 Å². The van der Waals surface area contributed by atoms with Crippen LogP contribution in [0.15, 0.2) is 12.7 Å². The molecule has 5 heteroatoms. The van der Waals surface area contributed by atoms with Gasteiger partial charge in [0.15, 0.2) is 0 Å². The van der Waals surface area contributed by atoms with Gasteiger partial charge in [-0.3, -0.25) is 4.79 Å². The van der Waals surface area contributed by atoms with Crippen LogP contribution in [0.4, 0.5) is 4.79 Å². The van der Waals surface area contributed by atoms with Crippen molar-refractivity contribution < 1.29 is 14.7 Å². The topological polar surface area (TPSA) is 60.9 Å². The number of aliphatic carboxylic acids is 1. The first-order chi connectivity index (χ1) is 8.60. The van der Waals surface area contributed by atoms with E-state index in [0.717, 1.165) is 19.3 Å². The fourth-order valence-electron chi connectivity index (χ4n) is 2.37. The van der Waals surface area contributed by atoms with Crippen LogP contribution in [0.25, 0.3) is 0 Å². The minimum Gasteiger partial charge on any atom is -0.481 e. The number of carbonyl (C=O) groups excluding carboxylic acids is 1. The lowest BCUT2D eigenvalue weighted by atomic mass is 10.1. The molecule has 0 spiro atoms. The molecule has 2 amide bonds. The summed E-state index contributed by atoms with van der Waals surface area (Å²) in [5.41, 5.74) is 0. The molecule has 1 atom stereocenters. The maximum absolute atomic E-state index is 12.3. The van der Waals surface area contributed by atoms with Gasteiger partial charge in [0.2, 0.25) is 0 Å². The summed E-state index contributed by atoms with van der Waals surface area (Å²) in [5.74, 6) is -0.842. The van der Waals surface area contributed by atoms with Gasteiger partial charge in [-0.15, -0.1) is 6.58 Å². The molecular weight excluding hydrogens is 232 g/mol. The largest absolute Gasteiger partial charge is 0.481 e. The van der Waals surface area contributed by atoms with Crippen molar-refractivity contribution in [1.29, 1.82) is 0 Å². The molecule has 0 radical (unpaired) electrons. The monoisotopic (exact) mass is 254 g/mol. The van der Waals surface area contributed by atoms with E-state index in [-0.39, 0.29) is 18.5 Å². The van der Waals surface area contributed by atoms with Crippen LogP contribution in [-0.2, 0) is 4.79 Å². The lowest BCUT2D eigenvalue weighted by Gasteiger charge is -2.30. The summed E-state index contributed by atoms with van der Waals surface area (Å²) in [5, 5.41) is 8.85. The van der Waals surface area contributed by atoms with Crippen LogP contribution < -0.4 is 0 Å². The molecule has 1 heterocycles. The number of carboxylic acids is 1. The number of nitrogens with zero attached hydrogens (tertiary/aromatic N) is 2. The molecular formula is C13H22N2O3. The van der Waals surface area contributed by atoms with Gasteiger partial charge in [-0.2, -0.15) is 0 Å². The molecule has 1 fully saturated rings. The zero-order valence-electron chi connectivity index (χ0n) is 11.0. The molecule has 18 heavy (non-hydrogen) atoms. The average molecular weight is 254 g/mol. The van der Waals surface area contributed by atoms with Crippen molar-refractivity contribution in [3.63, 3.8) is 0 Å². The molecule has 0 bridgehead atoms. The van der Waals surface area contributed by atoms with Crippen molar-refractivity contribution in [2.75, 3.05) is 19.6 Å². The highest BCUT2D eigenvalue weighted by molar-refractivity contribution is 5.76. The summed E-state index contributed by atoms with van der Waals surface area (Å²) in [6.07, 6.45) is 4.30. The Morgan fingerprint density at radius 1 is 1.56 bits per heavy atom. The second kappa shape index (κ2) is 7.03. The highest BCUT2D eigenvalue weighted by Crippen LogP contribution is 2.21. The molecule has 0 saturated carbocycles. The van der Waals surface area contributed by atoms with Gasteiger partial charge in [0.05, 0.1) is 6.42 Å². The lowest BCUT2D eigenvalue weighted by Crippen LogP contribution is -2.46. The number of amides is 2. The van der Waals surface area contributed by atoms with E-state index in [1.165, 1.54) is 0 Å². The Balaban J connectivity index is 2.67. The van der Waals surface area contributed by atoms with Crippen molar-refractivity contribution >= 4 is 12.0 Å². The molecule has 1 rings (SSSR count). The molecule has 1 N–H and O–H groups in total. The van der Waals surface area contributed by atoms with Crippen molar-refractivity contribution in [1.82, 2.24) is 9.80 Å². The number of rotatable bonds is 6. The SMILES string of the molecule is C=CCN(CCC)C(=O)N1CCCC1CC(=O)O. The first-order valence-corrected chi connectivity index (χ1v) is 6.48. The van der Waals surface area contributed by atoms with E-state index < -0.39 is 5.97 Å². The van der Waals surface area contributed by atoms with Crippen LogP contribution in [-0.4, -0.2) is 52.6 Å². The number of carboxylic acid groups (broad SMARTS) is 1. The summed E-state index contributed by atoms with van der Waals surface area (Å²) >= 11 is 0. The predicted octanol–water partition coefficient (Wildman–Crippen LogP) is 1.94. The maximum Gasteiger partial charge on any atom is 0.320 e. The van der Waals surface area contributed by atoms with Gasteiger partial charge >= 0.3 is 12.0 Å². The Kier molecular flexibility index (Phi) is 5.68. The molecule has 1 unspecified atom stereocenters. The van der Waals surface area contributed by atoms with Crippen LogP contribution in [0.3, 0.4) is 0 Å². The van der Waals surface area contributed by atoms with E-state index in [0.29, 0.717) is 19.6 Å². The molecule has 5 nitrogen and oxygen atoms in total. The van der Waals surface area contributed by atoms with Gasteiger partial charge in [0.25, 0.3) is 0 Å². The van der Waals surface area contributed by atoms with Crippen molar-refractivity contribution in [3.05, 3.63) is 12.7 Å². The lowest BCUT2D eigenvalue weighted by molar-refractivity contribution is -0.138. The Labute approximate surface area is 108 Å². The fourth-order valence-corrected chi connectivity index (χ4v) is 2.37. The second-order valence-corrected chi connectivity index (χ2v) is 4.60. The third-order valence-corrected chi connectivity index (χ3v) is 3.15. The summed E-state index contributed by atoms with van der Waals surface area (Å²) in [7, 11) is 0. The van der Waals surface area contributed by atoms with E-state index in [1.807, 2.05) is 6.92 Å². The summed E-state index contributed by atoms with van der Waals surface area (Å²) in [6, 6.07) is -0.209. The van der Waals surface area contributed by atoms with Crippen LogP contribution in [0.2, 0.25) is 0 Å². The van der Waals surface area contributed by atoms with Gasteiger partial charge in [-0.1, -0.05) is 13.0 Å². The number of carbonyl (C=O) groups is 2. The van der Waals surface area contributed by atoms with Gasteiger partial charge in [-0.05, 0) is 19.3 Å². The average Bonchev–Trinajstić information content (AvgIpc) is 2.75. The second-order valence-electron chi connectivity index (χ2n) is 4.60. The van der Waals surface area contributed by atoms with E-state index >= 15 is 0 Å². The molecule has 1 saturated heterocycles. The van der Waals surface area contributed by atoms with Crippen molar-refractivity contribution in [2.24, 2.45) is 0 Å². The Morgan fingerprint density at radius 2 is 2.28 bits per heavy atom. The van der Waals surface area contributed by atoms with E-state index in [2.05, 4.69) is 6.58 Å². The van der Waals surface area contributed by atoms with Crippen LogP contribution in [0, 0.1) is 0 Å². The van der Waals surface area contributed by atoms with Gasteiger partial charge in [0, 0.05) is 25.7 Å². The maximum atomic E-state index is 12.3. The zero-order valence-corrected chi connectivity index (χ0v) is 11.0. The number of hydrogen-bond donors (Lipinski definition) is 1. The van der Waals surface area contributed by atoms with Crippen molar-refractivity contribution in [3.8, 4) is 0 Å². The number of urea groups is 1. The highest BCUT2D eigenvalue weighted by atomic mass is 16.4. The quantitative estimate of drug-likeness (QED) is 0.737. The summed E-state index contributed by atoms with van der Waals surface area (Å²) < 4.78 is 0. The fraction of sp³-hybridized carbons (Fsp3) is 0.692. The Bertz CT molecular complexity index is 317.